The summed E-state index contributed by atoms with van der Waals surface area (Å²) in [6, 6.07) is 104. The third kappa shape index (κ3) is 10.6. The van der Waals surface area contributed by atoms with Crippen molar-refractivity contribution >= 4 is 121 Å². The van der Waals surface area contributed by atoms with Crippen LogP contribution in [-0.4, -0.2) is 18.3 Å². The van der Waals surface area contributed by atoms with Crippen LogP contribution in [0.15, 0.2) is 388 Å². The van der Waals surface area contributed by atoms with Gasteiger partial charge in [-0.2, -0.15) is 0 Å². The lowest BCUT2D eigenvalue weighted by Crippen LogP contribution is -2.09. The average Bonchev–Trinajstić information content (AvgIpc) is 1.20. The molecule has 4 aromatic heterocycles. The Morgan fingerprint density at radius 2 is 0.510 bits per heavy atom. The number of para-hydroxylation sites is 9. The quantitative estimate of drug-likeness (QED) is 0.122. The molecule has 0 aliphatic carbocycles. The van der Waals surface area contributed by atoms with E-state index >= 15 is 4.39 Å². The van der Waals surface area contributed by atoms with Gasteiger partial charge >= 0.3 is 0 Å². The lowest BCUT2D eigenvalue weighted by atomic mass is 10.0. The van der Waals surface area contributed by atoms with Gasteiger partial charge < -0.3 is 28.1 Å². The van der Waals surface area contributed by atoms with E-state index in [-0.39, 0.29) is 17.1 Å². The van der Waals surface area contributed by atoms with Crippen LogP contribution >= 0.6 is 0 Å². The minimum atomic E-state index is -0.617. The fourth-order valence-corrected chi connectivity index (χ4v) is 15.1. The average molecular weight is 1350 g/mol. The molecule has 0 aliphatic rings. The fraction of sp³-hybridized carbons (Fsp3) is 0. The van der Waals surface area contributed by atoms with E-state index in [0.717, 1.165) is 144 Å². The number of benzene rings is 16. The second-order valence-electron chi connectivity index (χ2n) is 25.6. The SMILES string of the molecule is Fc1ccc(-n2c3ccccc3c3cc(-c4ccc5c(c4)c4ccccc4n5-c4ccc(N(c5ccccc5)c5ccccc5)cc4)ccc32)c(F)c1.[2H]c1c([2H])c([2H])c(N(c2ccc(-n3c4ccccc4c4cc(-c5ccc6c(c5)c5ccccc5n6-c5ccccc5)ccc43)cc2)c2c([2H])c([2H])c([2H])c([2H])c2[2H])c([2H])c1[2H]. The van der Waals surface area contributed by atoms with Gasteiger partial charge in [0.05, 0.1) is 63.5 Å². The van der Waals surface area contributed by atoms with Crippen molar-refractivity contribution in [3.05, 3.63) is 400 Å². The molecule has 20 rings (SSSR count). The monoisotopic (exact) mass is 1350 g/mol. The minimum absolute atomic E-state index is 0.230. The largest absolute Gasteiger partial charge is 0.311 e. The maximum atomic E-state index is 15.1. The van der Waals surface area contributed by atoms with Gasteiger partial charge in [0.1, 0.15) is 11.6 Å². The van der Waals surface area contributed by atoms with E-state index in [1.54, 1.807) is 12.1 Å². The van der Waals surface area contributed by atoms with E-state index in [1.165, 1.54) is 22.9 Å². The third-order valence-corrected chi connectivity index (χ3v) is 19.7. The maximum Gasteiger partial charge on any atom is 0.150 e. The molecular weight excluding hydrogens is 1280 g/mol. The predicted octanol–water partition coefficient (Wildman–Crippen LogP) is 26.3. The summed E-state index contributed by atoms with van der Waals surface area (Å²) in [4.78, 5) is 3.43. The molecule has 0 saturated carbocycles. The van der Waals surface area contributed by atoms with Gasteiger partial charge in [-0.1, -0.05) is 188 Å². The van der Waals surface area contributed by atoms with Crippen LogP contribution in [0, 0.1) is 11.6 Å². The smallest absolute Gasteiger partial charge is 0.150 e. The molecule has 104 heavy (non-hydrogen) atoms. The number of halogens is 2. The Kier molecular flexibility index (Phi) is 12.7. The molecule has 0 saturated heterocycles. The summed E-state index contributed by atoms with van der Waals surface area (Å²) in [7, 11) is 0. The fourth-order valence-electron chi connectivity index (χ4n) is 15.1. The van der Waals surface area contributed by atoms with Crippen LogP contribution in [0.4, 0.5) is 42.9 Å². The van der Waals surface area contributed by atoms with Gasteiger partial charge in [-0.05, 0) is 216 Å². The van der Waals surface area contributed by atoms with Crippen LogP contribution in [0.3, 0.4) is 0 Å². The first-order valence-corrected chi connectivity index (χ1v) is 34.3. The molecule has 4 heterocycles. The van der Waals surface area contributed by atoms with Gasteiger partial charge in [0.25, 0.3) is 0 Å². The Labute approximate surface area is 613 Å². The molecule has 20 aromatic rings. The van der Waals surface area contributed by atoms with E-state index in [0.29, 0.717) is 5.69 Å². The number of fused-ring (bicyclic) bond motifs is 12. The Morgan fingerprint density at radius 3 is 0.875 bits per heavy atom. The summed E-state index contributed by atoms with van der Waals surface area (Å²) in [6.45, 7) is 0. The molecular formula is C96H64F2N6. The first-order valence-electron chi connectivity index (χ1n) is 39.3. The van der Waals surface area contributed by atoms with Crippen molar-refractivity contribution in [1.29, 1.82) is 0 Å². The van der Waals surface area contributed by atoms with Crippen molar-refractivity contribution < 1.29 is 22.5 Å². The molecule has 0 atom stereocenters. The summed E-state index contributed by atoms with van der Waals surface area (Å²) < 4.78 is 123. The lowest BCUT2D eigenvalue weighted by Gasteiger charge is -2.25. The Hall–Kier alpha value is -13.8. The minimum Gasteiger partial charge on any atom is -0.311 e. The highest BCUT2D eigenvalue weighted by Crippen LogP contribution is 2.44. The normalized spacial score (nSPS) is 12.9. The second-order valence-corrected chi connectivity index (χ2v) is 25.6. The summed E-state index contributed by atoms with van der Waals surface area (Å²) in [6.07, 6.45) is 0. The van der Waals surface area contributed by atoms with Crippen molar-refractivity contribution in [3.8, 4) is 45.0 Å². The van der Waals surface area contributed by atoms with Gasteiger partial charge in [-0.3, -0.25) is 0 Å². The van der Waals surface area contributed by atoms with Crippen molar-refractivity contribution in [2.24, 2.45) is 0 Å². The van der Waals surface area contributed by atoms with Gasteiger partial charge in [-0.15, -0.1) is 0 Å². The van der Waals surface area contributed by atoms with Gasteiger partial charge in [-0.25, -0.2) is 8.78 Å². The highest BCUT2D eigenvalue weighted by molar-refractivity contribution is 6.15. The van der Waals surface area contributed by atoms with E-state index in [1.807, 2.05) is 89.5 Å². The summed E-state index contributed by atoms with van der Waals surface area (Å²) >= 11 is 0. The topological polar surface area (TPSA) is 26.2 Å². The molecule has 6 nitrogen and oxygen atoms in total. The van der Waals surface area contributed by atoms with Crippen LogP contribution in [0.25, 0.3) is 132 Å². The molecule has 0 radical (unpaired) electrons. The van der Waals surface area contributed by atoms with Crippen molar-refractivity contribution in [2.45, 2.75) is 0 Å². The Morgan fingerprint density at radius 1 is 0.221 bits per heavy atom. The van der Waals surface area contributed by atoms with Crippen LogP contribution in [-0.2, 0) is 0 Å². The Balaban J connectivity index is 0.000000154. The molecule has 0 spiro atoms. The van der Waals surface area contributed by atoms with Crippen molar-refractivity contribution in [1.82, 2.24) is 18.3 Å². The summed E-state index contributed by atoms with van der Waals surface area (Å²) in [5.74, 6) is -1.20. The second kappa shape index (κ2) is 25.7. The van der Waals surface area contributed by atoms with E-state index < -0.39 is 72.1 Å². The van der Waals surface area contributed by atoms with Crippen LogP contribution < -0.4 is 9.80 Å². The molecule has 0 amide bonds. The van der Waals surface area contributed by atoms with Gasteiger partial charge in [0.2, 0.25) is 0 Å². The first-order chi connectivity index (χ1) is 55.6. The zero-order valence-electron chi connectivity index (χ0n) is 65.6. The third-order valence-electron chi connectivity index (χ3n) is 19.7. The van der Waals surface area contributed by atoms with Crippen LogP contribution in [0.1, 0.15) is 13.7 Å². The first kappa shape index (κ1) is 51.4. The molecule has 0 unspecified atom stereocenters. The zero-order valence-corrected chi connectivity index (χ0v) is 55.6. The number of aromatic nitrogens is 4. The van der Waals surface area contributed by atoms with Gasteiger partial charge in [0.15, 0.2) is 0 Å². The number of rotatable bonds is 12. The molecule has 0 N–H and O–H groups in total. The summed E-state index contributed by atoms with van der Waals surface area (Å²) in [5.41, 5.74) is 18.5. The lowest BCUT2D eigenvalue weighted by molar-refractivity contribution is 0.579. The molecule has 0 aliphatic heterocycles. The van der Waals surface area contributed by atoms with Crippen LogP contribution in [0.5, 0.6) is 0 Å². The molecule has 16 aromatic carbocycles. The number of nitrogens with zero attached hydrogens (tertiary/aromatic N) is 6. The molecule has 0 fully saturated rings. The zero-order chi connectivity index (χ0) is 77.9. The van der Waals surface area contributed by atoms with Crippen LogP contribution in [0.2, 0.25) is 0 Å². The predicted molar refractivity (Wildman–Crippen MR) is 430 cm³/mol. The molecule has 0 bridgehead atoms. The van der Waals surface area contributed by atoms with E-state index in [4.69, 9.17) is 13.7 Å². The van der Waals surface area contributed by atoms with Gasteiger partial charge in [0, 0.05) is 100 Å². The molecule has 8 heteroatoms. The highest BCUT2D eigenvalue weighted by atomic mass is 19.1. The summed E-state index contributed by atoms with van der Waals surface area (Å²) in [5, 5.41) is 8.73. The van der Waals surface area contributed by atoms with E-state index in [2.05, 4.69) is 231 Å². The molecule has 492 valence electrons. The number of hydrogen-bond donors (Lipinski definition) is 0. The maximum absolute atomic E-state index is 15.1. The van der Waals surface area contributed by atoms with Crippen molar-refractivity contribution in [3.63, 3.8) is 0 Å². The number of anilines is 6. The Bertz CT molecular complexity index is 7100. The van der Waals surface area contributed by atoms with Crippen molar-refractivity contribution in [2.75, 3.05) is 9.80 Å². The standard InChI is InChI=1S/C48H31F2N3.C48H33N3/c49-34-21-28-48(43(50)31-34)53-45-18-10-8-16-40(45)42-30-33(20-27-47(42)53)32-19-26-46-41(29-32)39-15-7-9-17-44(39)52(46)38-24-22-37(23-25-38)51(35-11-3-1-4-12-35)36-13-5-2-6-14-36;1-4-14-36(15-5-1)49(37-16-6-2-7-17-37)39-26-28-40(29-27-39)51-46-23-13-11-21-42(46)44-33-35(25-31-48(44)51)34-24-30-47-43(32-34)41-20-10-12-22-45(41)50(47)38-18-8-3-9-19-38/h1-31H;1-33H/i;1D,2D,4D,5D,6D,7D,14D,15D,16D,17D. The number of hydrogen-bond acceptors (Lipinski definition) is 2. The highest BCUT2D eigenvalue weighted by Gasteiger charge is 2.22. The van der Waals surface area contributed by atoms with E-state index in [9.17, 15) is 4.39 Å².